The number of hydrogen-bond acceptors (Lipinski definition) is 6. The van der Waals surface area contributed by atoms with Crippen LogP contribution in [0.5, 0.6) is 5.75 Å². The van der Waals surface area contributed by atoms with Crippen LogP contribution in [0.4, 0.5) is 10.2 Å². The normalized spacial score (nSPS) is 10.2. The number of anilines is 1. The van der Waals surface area contributed by atoms with Crippen LogP contribution in [0.3, 0.4) is 0 Å². The quantitative estimate of drug-likeness (QED) is 0.858. The number of benzene rings is 1. The van der Waals surface area contributed by atoms with Gasteiger partial charge in [-0.1, -0.05) is 0 Å². The topological polar surface area (TPSA) is 87.3 Å². The fraction of sp³-hybridized carbons (Fsp3) is 0.154. The molecule has 0 fully saturated rings. The molecule has 0 radical (unpaired) electrons. The molecule has 0 saturated carbocycles. The van der Waals surface area contributed by atoms with Gasteiger partial charge in [0.1, 0.15) is 17.4 Å². The number of ether oxygens (including phenoxy) is 2. The minimum absolute atomic E-state index is 0.0347. The van der Waals surface area contributed by atoms with Gasteiger partial charge >= 0.3 is 5.97 Å². The molecule has 7 heteroatoms. The van der Waals surface area contributed by atoms with E-state index in [1.165, 1.54) is 32.5 Å². The summed E-state index contributed by atoms with van der Waals surface area (Å²) in [5, 5.41) is 0. The van der Waals surface area contributed by atoms with E-state index in [0.29, 0.717) is 0 Å². The van der Waals surface area contributed by atoms with Gasteiger partial charge in [-0.05, 0) is 18.2 Å². The minimum Gasteiger partial charge on any atom is -0.496 e. The zero-order valence-electron chi connectivity index (χ0n) is 10.9. The molecule has 0 saturated heterocycles. The molecule has 0 unspecified atom stereocenters. The Morgan fingerprint density at radius 2 is 2.10 bits per heavy atom. The summed E-state index contributed by atoms with van der Waals surface area (Å²) in [7, 11) is 2.56. The van der Waals surface area contributed by atoms with Crippen LogP contribution in [0.25, 0.3) is 11.4 Å². The van der Waals surface area contributed by atoms with E-state index in [9.17, 15) is 9.18 Å². The first-order valence-corrected chi connectivity index (χ1v) is 5.61. The fourth-order valence-corrected chi connectivity index (χ4v) is 1.69. The summed E-state index contributed by atoms with van der Waals surface area (Å²) in [4.78, 5) is 19.3. The minimum atomic E-state index is -0.699. The van der Waals surface area contributed by atoms with Gasteiger partial charge in [-0.15, -0.1) is 0 Å². The van der Waals surface area contributed by atoms with E-state index >= 15 is 0 Å². The van der Waals surface area contributed by atoms with Gasteiger partial charge in [0.2, 0.25) is 0 Å². The third kappa shape index (κ3) is 2.51. The molecule has 104 valence electrons. The van der Waals surface area contributed by atoms with Gasteiger partial charge < -0.3 is 15.2 Å². The molecule has 0 amide bonds. The van der Waals surface area contributed by atoms with E-state index in [2.05, 4.69) is 14.7 Å². The van der Waals surface area contributed by atoms with Gasteiger partial charge in [0.15, 0.2) is 5.82 Å². The third-order valence-corrected chi connectivity index (χ3v) is 2.60. The van der Waals surface area contributed by atoms with Crippen molar-refractivity contribution in [1.29, 1.82) is 0 Å². The first-order valence-electron chi connectivity index (χ1n) is 5.61. The van der Waals surface area contributed by atoms with Crippen molar-refractivity contribution in [3.05, 3.63) is 35.8 Å². The van der Waals surface area contributed by atoms with E-state index in [-0.39, 0.29) is 28.5 Å². The van der Waals surface area contributed by atoms with Gasteiger partial charge in [-0.3, -0.25) is 0 Å². The Morgan fingerprint density at radius 1 is 1.35 bits per heavy atom. The molecule has 1 aromatic carbocycles. The van der Waals surface area contributed by atoms with E-state index < -0.39 is 11.8 Å². The van der Waals surface area contributed by atoms with Crippen LogP contribution in [-0.2, 0) is 4.74 Å². The Balaban J connectivity index is 2.62. The SMILES string of the molecule is COC(=O)c1cc(F)c(-c2nccc(N)n2)c(OC)c1. The highest BCUT2D eigenvalue weighted by Gasteiger charge is 2.19. The van der Waals surface area contributed by atoms with Crippen LogP contribution in [0.15, 0.2) is 24.4 Å². The largest absolute Gasteiger partial charge is 0.496 e. The second kappa shape index (κ2) is 5.52. The number of carbonyl (C=O) groups is 1. The van der Waals surface area contributed by atoms with Crippen molar-refractivity contribution in [3.8, 4) is 17.1 Å². The van der Waals surface area contributed by atoms with Crippen LogP contribution < -0.4 is 10.5 Å². The molecule has 0 aliphatic heterocycles. The van der Waals surface area contributed by atoms with Crippen LogP contribution in [0.1, 0.15) is 10.4 Å². The van der Waals surface area contributed by atoms with Gasteiger partial charge in [0.25, 0.3) is 0 Å². The lowest BCUT2D eigenvalue weighted by atomic mass is 10.1. The summed E-state index contributed by atoms with van der Waals surface area (Å²) in [6.45, 7) is 0. The molecule has 2 rings (SSSR count). The van der Waals surface area contributed by atoms with Gasteiger partial charge in [-0.2, -0.15) is 0 Å². The summed E-state index contributed by atoms with van der Waals surface area (Å²) < 4.78 is 23.8. The Kier molecular flexibility index (Phi) is 3.79. The smallest absolute Gasteiger partial charge is 0.338 e. The summed E-state index contributed by atoms with van der Waals surface area (Å²) in [5.41, 5.74) is 5.62. The maximum absolute atomic E-state index is 14.2. The first kappa shape index (κ1) is 13.7. The third-order valence-electron chi connectivity index (χ3n) is 2.60. The Hall–Kier alpha value is -2.70. The number of nitrogen functional groups attached to an aromatic ring is 1. The maximum atomic E-state index is 14.2. The highest BCUT2D eigenvalue weighted by Crippen LogP contribution is 2.32. The highest BCUT2D eigenvalue weighted by molar-refractivity contribution is 5.91. The van der Waals surface area contributed by atoms with E-state index in [1.807, 2.05) is 0 Å². The Labute approximate surface area is 114 Å². The van der Waals surface area contributed by atoms with Crippen molar-refractivity contribution in [2.75, 3.05) is 20.0 Å². The molecule has 1 aromatic heterocycles. The van der Waals surface area contributed by atoms with E-state index in [4.69, 9.17) is 10.5 Å². The average molecular weight is 277 g/mol. The second-order valence-electron chi connectivity index (χ2n) is 3.83. The fourth-order valence-electron chi connectivity index (χ4n) is 1.69. The molecule has 0 atom stereocenters. The van der Waals surface area contributed by atoms with Crippen molar-refractivity contribution >= 4 is 11.8 Å². The van der Waals surface area contributed by atoms with Crippen LogP contribution in [0, 0.1) is 5.82 Å². The molecule has 0 aliphatic carbocycles. The Bertz CT molecular complexity index is 661. The maximum Gasteiger partial charge on any atom is 0.338 e. The number of nitrogens with zero attached hydrogens (tertiary/aromatic N) is 2. The lowest BCUT2D eigenvalue weighted by molar-refractivity contribution is 0.0600. The molecular weight excluding hydrogens is 265 g/mol. The van der Waals surface area contributed by atoms with Gasteiger partial charge in [0.05, 0.1) is 25.3 Å². The molecule has 0 spiro atoms. The van der Waals surface area contributed by atoms with Crippen LogP contribution in [-0.4, -0.2) is 30.2 Å². The standard InChI is InChI=1S/C13H12FN3O3/c1-19-9-6-7(13(18)20-2)5-8(14)11(9)12-16-4-3-10(15)17-12/h3-6H,1-2H3,(H2,15,16,17). The zero-order chi connectivity index (χ0) is 14.7. The van der Waals surface area contributed by atoms with Crippen LogP contribution >= 0.6 is 0 Å². The molecular formula is C13H12FN3O3. The molecule has 0 aliphatic rings. The van der Waals surface area contributed by atoms with Gasteiger partial charge in [0, 0.05) is 6.20 Å². The number of aromatic nitrogens is 2. The van der Waals surface area contributed by atoms with Gasteiger partial charge in [-0.25, -0.2) is 19.2 Å². The van der Waals surface area contributed by atoms with Crippen molar-refractivity contribution < 1.29 is 18.7 Å². The molecule has 20 heavy (non-hydrogen) atoms. The van der Waals surface area contributed by atoms with Crippen molar-refractivity contribution in [3.63, 3.8) is 0 Å². The summed E-state index contributed by atoms with van der Waals surface area (Å²) in [5.74, 6) is -0.960. The average Bonchev–Trinajstić information content (AvgIpc) is 2.45. The number of hydrogen-bond donors (Lipinski definition) is 1. The van der Waals surface area contributed by atoms with Crippen molar-refractivity contribution in [2.45, 2.75) is 0 Å². The number of carbonyl (C=O) groups excluding carboxylic acids is 1. The lowest BCUT2D eigenvalue weighted by Gasteiger charge is -2.10. The lowest BCUT2D eigenvalue weighted by Crippen LogP contribution is -2.05. The molecule has 0 bridgehead atoms. The number of rotatable bonds is 3. The second-order valence-corrected chi connectivity index (χ2v) is 3.83. The highest BCUT2D eigenvalue weighted by atomic mass is 19.1. The Morgan fingerprint density at radius 3 is 2.70 bits per heavy atom. The van der Waals surface area contributed by atoms with E-state index in [0.717, 1.165) is 6.07 Å². The number of esters is 1. The van der Waals surface area contributed by atoms with E-state index in [1.54, 1.807) is 0 Å². The first-order chi connectivity index (χ1) is 9.56. The molecule has 6 nitrogen and oxygen atoms in total. The predicted molar refractivity (Wildman–Crippen MR) is 69.7 cm³/mol. The summed E-state index contributed by atoms with van der Waals surface area (Å²) >= 11 is 0. The summed E-state index contributed by atoms with van der Waals surface area (Å²) in [6, 6.07) is 3.88. The molecule has 2 aromatic rings. The number of halogens is 1. The molecule has 1 heterocycles. The summed E-state index contributed by atoms with van der Waals surface area (Å²) in [6.07, 6.45) is 1.41. The monoisotopic (exact) mass is 277 g/mol. The predicted octanol–water partition coefficient (Wildman–Crippen LogP) is 1.66. The van der Waals surface area contributed by atoms with Crippen molar-refractivity contribution in [1.82, 2.24) is 9.97 Å². The number of methoxy groups -OCH3 is 2. The molecule has 2 N–H and O–H groups in total. The number of nitrogens with two attached hydrogens (primary N) is 1. The zero-order valence-corrected chi connectivity index (χ0v) is 10.9. The van der Waals surface area contributed by atoms with Crippen LogP contribution in [0.2, 0.25) is 0 Å². The van der Waals surface area contributed by atoms with Crippen molar-refractivity contribution in [2.24, 2.45) is 0 Å².